The minimum absolute atomic E-state index is 0.0205. The highest BCUT2D eigenvalue weighted by Crippen LogP contribution is 2.25. The van der Waals surface area contributed by atoms with Crippen LogP contribution in [0.5, 0.6) is 0 Å². The standard InChI is InChI=1S/C11H12ClNO5S/c12-10-2-1-8(5-9(10)11(15)16)19(17,18)13-4-3-7(14)6-13/h1-2,5,7,14H,3-4,6H2,(H,15,16)/t7-/m1/s1. The average molecular weight is 306 g/mol. The van der Waals surface area contributed by atoms with Crippen molar-refractivity contribution in [1.82, 2.24) is 4.31 Å². The molecule has 0 unspecified atom stereocenters. The molecule has 1 aromatic rings. The summed E-state index contributed by atoms with van der Waals surface area (Å²) in [6, 6.07) is 3.53. The number of aromatic carboxylic acids is 1. The lowest BCUT2D eigenvalue weighted by Crippen LogP contribution is -2.29. The molecule has 1 saturated heterocycles. The zero-order valence-electron chi connectivity index (χ0n) is 9.78. The quantitative estimate of drug-likeness (QED) is 0.861. The molecule has 6 nitrogen and oxygen atoms in total. The summed E-state index contributed by atoms with van der Waals surface area (Å²) < 4.78 is 25.6. The topological polar surface area (TPSA) is 94.9 Å². The summed E-state index contributed by atoms with van der Waals surface area (Å²) in [4.78, 5) is 10.8. The molecule has 1 fully saturated rings. The van der Waals surface area contributed by atoms with E-state index in [9.17, 15) is 18.3 Å². The Bertz CT molecular complexity index is 616. The summed E-state index contributed by atoms with van der Waals surface area (Å²) in [5.41, 5.74) is -0.262. The second-order valence-electron chi connectivity index (χ2n) is 4.25. The van der Waals surface area contributed by atoms with Gasteiger partial charge in [0.2, 0.25) is 10.0 Å². The maximum absolute atomic E-state index is 12.2. The van der Waals surface area contributed by atoms with Gasteiger partial charge in [-0.25, -0.2) is 13.2 Å². The summed E-state index contributed by atoms with van der Waals surface area (Å²) in [5, 5.41) is 18.3. The van der Waals surface area contributed by atoms with Gasteiger partial charge in [0.1, 0.15) is 0 Å². The average Bonchev–Trinajstić information content (AvgIpc) is 2.76. The molecule has 1 aromatic carbocycles. The first-order valence-corrected chi connectivity index (χ1v) is 7.35. The maximum atomic E-state index is 12.2. The fourth-order valence-corrected chi connectivity index (χ4v) is 3.62. The molecule has 2 rings (SSSR count). The minimum atomic E-state index is -3.79. The van der Waals surface area contributed by atoms with Crippen molar-refractivity contribution in [2.75, 3.05) is 13.1 Å². The number of β-amino-alcohol motifs (C(OH)–C–C–N with tert-alkyl or cyclic N) is 1. The first kappa shape index (κ1) is 14.3. The normalized spacial score (nSPS) is 20.6. The van der Waals surface area contributed by atoms with E-state index in [-0.39, 0.29) is 28.6 Å². The third kappa shape index (κ3) is 2.74. The van der Waals surface area contributed by atoms with Crippen LogP contribution in [0.1, 0.15) is 16.8 Å². The zero-order valence-corrected chi connectivity index (χ0v) is 11.4. The smallest absolute Gasteiger partial charge is 0.337 e. The van der Waals surface area contributed by atoms with Crippen molar-refractivity contribution in [1.29, 1.82) is 0 Å². The SMILES string of the molecule is O=C(O)c1cc(S(=O)(=O)N2CC[C@@H](O)C2)ccc1Cl. The molecular weight excluding hydrogens is 294 g/mol. The molecule has 2 N–H and O–H groups in total. The summed E-state index contributed by atoms with van der Waals surface area (Å²) in [5.74, 6) is -1.29. The number of aliphatic hydroxyl groups is 1. The predicted octanol–water partition coefficient (Wildman–Crippen LogP) is 0.793. The number of hydrogen-bond donors (Lipinski definition) is 2. The second kappa shape index (κ2) is 5.09. The maximum Gasteiger partial charge on any atom is 0.337 e. The number of carboxylic acids is 1. The van der Waals surface area contributed by atoms with E-state index in [0.717, 1.165) is 10.4 Å². The molecular formula is C11H12ClNO5S. The van der Waals surface area contributed by atoms with E-state index in [1.165, 1.54) is 12.1 Å². The fourth-order valence-electron chi connectivity index (χ4n) is 1.91. The number of carboxylic acid groups (broad SMARTS) is 1. The molecule has 1 heterocycles. The van der Waals surface area contributed by atoms with Gasteiger partial charge in [0.25, 0.3) is 0 Å². The lowest BCUT2D eigenvalue weighted by molar-refractivity contribution is 0.0697. The molecule has 0 radical (unpaired) electrons. The Hall–Kier alpha value is -1.15. The summed E-state index contributed by atoms with van der Waals surface area (Å²) >= 11 is 5.69. The van der Waals surface area contributed by atoms with E-state index in [1.54, 1.807) is 0 Å². The highest BCUT2D eigenvalue weighted by Gasteiger charge is 2.32. The van der Waals surface area contributed by atoms with Crippen molar-refractivity contribution in [3.05, 3.63) is 28.8 Å². The molecule has 8 heteroatoms. The van der Waals surface area contributed by atoms with Crippen LogP contribution in [0.15, 0.2) is 23.1 Å². The predicted molar refractivity (Wildman–Crippen MR) is 67.8 cm³/mol. The number of hydrogen-bond acceptors (Lipinski definition) is 4. The number of nitrogens with zero attached hydrogens (tertiary/aromatic N) is 1. The number of benzene rings is 1. The van der Waals surface area contributed by atoms with Crippen LogP contribution in [0.4, 0.5) is 0 Å². The number of aliphatic hydroxyl groups excluding tert-OH is 1. The molecule has 0 bridgehead atoms. The Balaban J connectivity index is 2.41. The van der Waals surface area contributed by atoms with Crippen molar-refractivity contribution in [3.63, 3.8) is 0 Å². The van der Waals surface area contributed by atoms with Crippen LogP contribution in [0.2, 0.25) is 5.02 Å². The Morgan fingerprint density at radius 3 is 2.63 bits per heavy atom. The van der Waals surface area contributed by atoms with Gasteiger partial charge < -0.3 is 10.2 Å². The highest BCUT2D eigenvalue weighted by molar-refractivity contribution is 7.89. The second-order valence-corrected chi connectivity index (χ2v) is 6.60. The van der Waals surface area contributed by atoms with E-state index < -0.39 is 22.1 Å². The van der Waals surface area contributed by atoms with E-state index >= 15 is 0 Å². The molecule has 0 saturated carbocycles. The number of rotatable bonds is 3. The first-order valence-electron chi connectivity index (χ1n) is 5.53. The van der Waals surface area contributed by atoms with Crippen LogP contribution in [-0.2, 0) is 10.0 Å². The van der Waals surface area contributed by atoms with Crippen molar-refractivity contribution in [2.45, 2.75) is 17.4 Å². The zero-order chi connectivity index (χ0) is 14.2. The molecule has 19 heavy (non-hydrogen) atoms. The molecule has 0 amide bonds. The van der Waals surface area contributed by atoms with Crippen LogP contribution in [0, 0.1) is 0 Å². The summed E-state index contributed by atoms with van der Waals surface area (Å²) in [6.45, 7) is 0.238. The van der Waals surface area contributed by atoms with Gasteiger partial charge in [-0.05, 0) is 24.6 Å². The van der Waals surface area contributed by atoms with Crippen molar-refractivity contribution >= 4 is 27.6 Å². The fraction of sp³-hybridized carbons (Fsp3) is 0.364. The van der Waals surface area contributed by atoms with Gasteiger partial charge in [0, 0.05) is 13.1 Å². The van der Waals surface area contributed by atoms with Crippen LogP contribution in [0.25, 0.3) is 0 Å². The Morgan fingerprint density at radius 2 is 2.11 bits per heavy atom. The van der Waals surface area contributed by atoms with Crippen molar-refractivity contribution < 1.29 is 23.4 Å². The summed E-state index contributed by atoms with van der Waals surface area (Å²) in [6.07, 6.45) is -0.306. The third-order valence-corrected chi connectivity index (χ3v) is 5.12. The number of sulfonamides is 1. The monoisotopic (exact) mass is 305 g/mol. The Kier molecular flexibility index (Phi) is 3.82. The van der Waals surface area contributed by atoms with Crippen molar-refractivity contribution in [2.24, 2.45) is 0 Å². The Morgan fingerprint density at radius 1 is 1.42 bits per heavy atom. The van der Waals surface area contributed by atoms with Gasteiger partial charge in [-0.15, -0.1) is 0 Å². The summed E-state index contributed by atoms with van der Waals surface area (Å²) in [7, 11) is -3.79. The molecule has 0 spiro atoms. The highest BCUT2D eigenvalue weighted by atomic mass is 35.5. The van der Waals surface area contributed by atoms with Crippen molar-refractivity contribution in [3.8, 4) is 0 Å². The van der Waals surface area contributed by atoms with Crippen LogP contribution >= 0.6 is 11.6 Å². The van der Waals surface area contributed by atoms with Crippen LogP contribution in [-0.4, -0.2) is 48.1 Å². The van der Waals surface area contributed by atoms with E-state index in [4.69, 9.17) is 16.7 Å². The van der Waals surface area contributed by atoms with E-state index in [1.807, 2.05) is 0 Å². The van der Waals surface area contributed by atoms with Gasteiger partial charge in [0.05, 0.1) is 21.6 Å². The molecule has 1 aliphatic heterocycles. The molecule has 0 aromatic heterocycles. The molecule has 1 atom stereocenters. The van der Waals surface area contributed by atoms with Gasteiger partial charge in [-0.3, -0.25) is 0 Å². The minimum Gasteiger partial charge on any atom is -0.478 e. The van der Waals surface area contributed by atoms with Gasteiger partial charge in [-0.2, -0.15) is 4.31 Å². The van der Waals surface area contributed by atoms with Crippen LogP contribution in [0.3, 0.4) is 0 Å². The van der Waals surface area contributed by atoms with Gasteiger partial charge in [0.15, 0.2) is 0 Å². The lowest BCUT2D eigenvalue weighted by Gasteiger charge is -2.16. The lowest BCUT2D eigenvalue weighted by atomic mass is 10.2. The largest absolute Gasteiger partial charge is 0.478 e. The van der Waals surface area contributed by atoms with E-state index in [2.05, 4.69) is 0 Å². The molecule has 0 aliphatic carbocycles. The first-order chi connectivity index (χ1) is 8.82. The Labute approximate surface area is 115 Å². The number of halogens is 1. The molecule has 104 valence electrons. The van der Waals surface area contributed by atoms with Gasteiger partial charge in [-0.1, -0.05) is 11.6 Å². The van der Waals surface area contributed by atoms with E-state index in [0.29, 0.717) is 6.42 Å². The van der Waals surface area contributed by atoms with Gasteiger partial charge >= 0.3 is 5.97 Å². The third-order valence-electron chi connectivity index (χ3n) is 2.93. The molecule has 1 aliphatic rings. The van der Waals surface area contributed by atoms with Crippen LogP contribution < -0.4 is 0 Å². The number of carbonyl (C=O) groups is 1.